The molecule has 0 atom stereocenters. The zero-order chi connectivity index (χ0) is 18.9. The van der Waals surface area contributed by atoms with Crippen molar-refractivity contribution in [1.29, 1.82) is 0 Å². The maximum Gasteiger partial charge on any atom is 0.355 e. The summed E-state index contributed by atoms with van der Waals surface area (Å²) in [6.45, 7) is 0. The topological polar surface area (TPSA) is 84.3 Å². The third-order valence-electron chi connectivity index (χ3n) is 3.11. The number of nitrogens with one attached hydrogen (secondary N) is 2. The summed E-state index contributed by atoms with van der Waals surface area (Å²) in [6.07, 6.45) is 3.02. The number of urea groups is 1. The molecule has 0 spiro atoms. The molecule has 0 aromatic heterocycles. The van der Waals surface area contributed by atoms with Gasteiger partial charge in [0.1, 0.15) is 11.5 Å². The molecule has 0 radical (unpaired) electrons. The Labute approximate surface area is 167 Å². The Morgan fingerprint density at radius 1 is 0.885 bits per heavy atom. The molecule has 2 amide bonds. The minimum absolute atomic E-state index is 0.558. The van der Waals surface area contributed by atoms with Gasteiger partial charge in [0.2, 0.25) is 0 Å². The van der Waals surface area contributed by atoms with Crippen molar-refractivity contribution < 1.29 is 14.3 Å². The van der Waals surface area contributed by atoms with E-state index < -0.39 is 6.03 Å². The van der Waals surface area contributed by atoms with Crippen molar-refractivity contribution in [1.82, 2.24) is 10.9 Å². The number of benzene rings is 2. The Hall–Kier alpha value is -2.39. The summed E-state index contributed by atoms with van der Waals surface area (Å²) < 4.78 is 11.9. The highest BCUT2D eigenvalue weighted by molar-refractivity contribution is 9.10. The SMILES string of the molecule is COc1ccc(C=NNC(=O)NN=Cc2ccc(OC)c(Br)c2)cc1Br. The van der Waals surface area contributed by atoms with Crippen LogP contribution in [0.25, 0.3) is 0 Å². The molecule has 2 aromatic carbocycles. The van der Waals surface area contributed by atoms with E-state index in [4.69, 9.17) is 9.47 Å². The summed E-state index contributed by atoms with van der Waals surface area (Å²) in [4.78, 5) is 11.6. The fourth-order valence-electron chi connectivity index (χ4n) is 1.88. The van der Waals surface area contributed by atoms with Gasteiger partial charge in [-0.15, -0.1) is 0 Å². The Kier molecular flexibility index (Phi) is 7.61. The molecule has 0 fully saturated rings. The van der Waals surface area contributed by atoms with Crippen molar-refractivity contribution in [3.63, 3.8) is 0 Å². The number of ether oxygens (including phenoxy) is 2. The van der Waals surface area contributed by atoms with Crippen LogP contribution in [0, 0.1) is 0 Å². The molecule has 7 nitrogen and oxygen atoms in total. The van der Waals surface area contributed by atoms with Crippen molar-refractivity contribution in [3.8, 4) is 11.5 Å². The summed E-state index contributed by atoms with van der Waals surface area (Å²) in [5.74, 6) is 1.43. The summed E-state index contributed by atoms with van der Waals surface area (Å²) in [6, 6.07) is 10.3. The number of hydrogen-bond donors (Lipinski definition) is 2. The van der Waals surface area contributed by atoms with Crippen LogP contribution < -0.4 is 20.3 Å². The summed E-state index contributed by atoms with van der Waals surface area (Å²) in [5.41, 5.74) is 6.24. The van der Waals surface area contributed by atoms with Gasteiger partial charge in [-0.05, 0) is 79.4 Å². The lowest BCUT2D eigenvalue weighted by atomic mass is 10.2. The lowest BCUT2D eigenvalue weighted by Gasteiger charge is -2.03. The van der Waals surface area contributed by atoms with Crippen LogP contribution in [0.4, 0.5) is 4.79 Å². The Bertz CT molecular complexity index is 773. The maximum absolute atomic E-state index is 11.6. The van der Waals surface area contributed by atoms with Gasteiger partial charge in [0, 0.05) is 0 Å². The molecular formula is C17H16Br2N4O3. The van der Waals surface area contributed by atoms with E-state index >= 15 is 0 Å². The first kappa shape index (κ1) is 19.9. The standard InChI is InChI=1S/C17H16Br2N4O3/c1-25-15-5-3-11(7-13(15)18)9-20-22-17(24)23-21-10-12-4-6-16(26-2)14(19)8-12/h3-10H,1-2H3,(H2,22,23,24). The largest absolute Gasteiger partial charge is 0.496 e. The molecule has 136 valence electrons. The van der Waals surface area contributed by atoms with Gasteiger partial charge in [0.15, 0.2) is 0 Å². The van der Waals surface area contributed by atoms with Crippen LogP contribution >= 0.6 is 31.9 Å². The number of hydrazone groups is 2. The molecule has 2 aromatic rings. The third-order valence-corrected chi connectivity index (χ3v) is 4.35. The minimum Gasteiger partial charge on any atom is -0.496 e. The summed E-state index contributed by atoms with van der Waals surface area (Å²) >= 11 is 6.76. The number of hydrogen-bond acceptors (Lipinski definition) is 5. The van der Waals surface area contributed by atoms with E-state index in [0.29, 0.717) is 11.5 Å². The summed E-state index contributed by atoms with van der Waals surface area (Å²) in [7, 11) is 3.18. The smallest absolute Gasteiger partial charge is 0.355 e. The van der Waals surface area contributed by atoms with Crippen LogP contribution in [-0.2, 0) is 0 Å². The van der Waals surface area contributed by atoms with Gasteiger partial charge in [-0.25, -0.2) is 15.6 Å². The fourth-order valence-corrected chi connectivity index (χ4v) is 3.00. The zero-order valence-electron chi connectivity index (χ0n) is 14.0. The van der Waals surface area contributed by atoms with E-state index in [2.05, 4.69) is 52.9 Å². The van der Waals surface area contributed by atoms with Gasteiger partial charge in [0.25, 0.3) is 0 Å². The van der Waals surface area contributed by atoms with Crippen LogP contribution in [0.2, 0.25) is 0 Å². The number of amides is 2. The number of nitrogens with zero attached hydrogens (tertiary/aromatic N) is 2. The van der Waals surface area contributed by atoms with Crippen molar-refractivity contribution in [2.45, 2.75) is 0 Å². The molecule has 0 aliphatic carbocycles. The Morgan fingerprint density at radius 2 is 1.31 bits per heavy atom. The van der Waals surface area contributed by atoms with E-state index in [1.54, 1.807) is 26.4 Å². The number of carbonyl (C=O) groups excluding carboxylic acids is 1. The number of rotatable bonds is 6. The van der Waals surface area contributed by atoms with Crippen LogP contribution in [0.1, 0.15) is 11.1 Å². The van der Waals surface area contributed by atoms with Gasteiger partial charge in [0.05, 0.1) is 35.6 Å². The lowest BCUT2D eigenvalue weighted by Crippen LogP contribution is -2.28. The first-order chi connectivity index (χ1) is 12.5. The first-order valence-electron chi connectivity index (χ1n) is 7.32. The van der Waals surface area contributed by atoms with Crippen LogP contribution in [0.3, 0.4) is 0 Å². The Morgan fingerprint density at radius 3 is 1.65 bits per heavy atom. The predicted octanol–water partition coefficient (Wildman–Crippen LogP) is 3.90. The van der Waals surface area contributed by atoms with E-state index in [0.717, 1.165) is 20.1 Å². The molecule has 0 aliphatic heterocycles. The number of carbonyl (C=O) groups is 1. The van der Waals surface area contributed by atoms with Crippen molar-refractivity contribution in [2.24, 2.45) is 10.2 Å². The van der Waals surface area contributed by atoms with Gasteiger partial charge < -0.3 is 9.47 Å². The first-order valence-corrected chi connectivity index (χ1v) is 8.91. The van der Waals surface area contributed by atoms with Crippen molar-refractivity contribution >= 4 is 50.3 Å². The third kappa shape index (κ3) is 5.85. The summed E-state index contributed by atoms with van der Waals surface area (Å²) in [5, 5.41) is 7.71. The van der Waals surface area contributed by atoms with E-state index in [1.807, 2.05) is 24.3 Å². The Balaban J connectivity index is 1.85. The molecule has 0 heterocycles. The van der Waals surface area contributed by atoms with E-state index in [1.165, 1.54) is 12.4 Å². The van der Waals surface area contributed by atoms with Gasteiger partial charge in [-0.2, -0.15) is 10.2 Å². The minimum atomic E-state index is -0.558. The molecule has 2 N–H and O–H groups in total. The van der Waals surface area contributed by atoms with Crippen LogP contribution in [0.5, 0.6) is 11.5 Å². The average Bonchev–Trinajstić information content (AvgIpc) is 2.62. The molecule has 0 saturated heterocycles. The normalized spacial score (nSPS) is 10.9. The average molecular weight is 484 g/mol. The molecular weight excluding hydrogens is 468 g/mol. The second kappa shape index (κ2) is 9.93. The van der Waals surface area contributed by atoms with Crippen molar-refractivity contribution in [3.05, 3.63) is 56.5 Å². The molecule has 9 heteroatoms. The van der Waals surface area contributed by atoms with E-state index in [-0.39, 0.29) is 0 Å². The maximum atomic E-state index is 11.6. The quantitative estimate of drug-likeness (QED) is 0.482. The molecule has 0 unspecified atom stereocenters. The molecule has 0 saturated carbocycles. The van der Waals surface area contributed by atoms with Gasteiger partial charge in [-0.1, -0.05) is 0 Å². The molecule has 0 bridgehead atoms. The monoisotopic (exact) mass is 482 g/mol. The molecule has 2 rings (SSSR count). The predicted molar refractivity (Wildman–Crippen MR) is 108 cm³/mol. The highest BCUT2D eigenvalue weighted by atomic mass is 79.9. The van der Waals surface area contributed by atoms with Gasteiger partial charge in [-0.3, -0.25) is 0 Å². The second-order valence-electron chi connectivity index (χ2n) is 4.86. The number of methoxy groups -OCH3 is 2. The number of halogens is 2. The molecule has 26 heavy (non-hydrogen) atoms. The highest BCUT2D eigenvalue weighted by Crippen LogP contribution is 2.25. The van der Waals surface area contributed by atoms with Crippen LogP contribution in [-0.4, -0.2) is 32.7 Å². The molecule has 0 aliphatic rings. The highest BCUT2D eigenvalue weighted by Gasteiger charge is 2.01. The lowest BCUT2D eigenvalue weighted by molar-refractivity contribution is 0.242. The second-order valence-corrected chi connectivity index (χ2v) is 6.57. The van der Waals surface area contributed by atoms with Crippen LogP contribution in [0.15, 0.2) is 55.5 Å². The van der Waals surface area contributed by atoms with Gasteiger partial charge >= 0.3 is 6.03 Å². The van der Waals surface area contributed by atoms with E-state index in [9.17, 15) is 4.79 Å². The zero-order valence-corrected chi connectivity index (χ0v) is 17.2. The van der Waals surface area contributed by atoms with Crippen molar-refractivity contribution in [2.75, 3.05) is 14.2 Å². The fraction of sp³-hybridized carbons (Fsp3) is 0.118.